The van der Waals surface area contributed by atoms with Crippen LogP contribution in [0.5, 0.6) is 17.4 Å². The molecule has 2 N–H and O–H groups in total. The Hall–Kier alpha value is -3.67. The van der Waals surface area contributed by atoms with Crippen molar-refractivity contribution in [3.05, 3.63) is 68.6 Å². The Morgan fingerprint density at radius 3 is 2.36 bits per heavy atom. The molecule has 4 rings (SSSR count). The van der Waals surface area contributed by atoms with Crippen LogP contribution in [0.3, 0.4) is 0 Å². The number of carbonyl (C=O) groups is 1. The Kier molecular flexibility index (Phi) is 6.18. The average molecular weight is 482 g/mol. The number of aromatic amines is 1. The van der Waals surface area contributed by atoms with E-state index in [4.69, 9.17) is 9.47 Å². The van der Waals surface area contributed by atoms with Gasteiger partial charge in [0.05, 0.1) is 11.4 Å². The summed E-state index contributed by atoms with van der Waals surface area (Å²) in [7, 11) is 0. The summed E-state index contributed by atoms with van der Waals surface area (Å²) in [5.74, 6) is 0.0110. The highest BCUT2D eigenvalue weighted by Crippen LogP contribution is 2.28. The van der Waals surface area contributed by atoms with Crippen LogP contribution in [-0.4, -0.2) is 41.8 Å². The van der Waals surface area contributed by atoms with Crippen LogP contribution in [0.2, 0.25) is 0 Å². The fourth-order valence-corrected chi connectivity index (χ4v) is 3.96. The maximum absolute atomic E-state index is 12.3. The number of hydrogen-bond acceptors (Lipinski definition) is 7. The Labute approximate surface area is 188 Å². The van der Waals surface area contributed by atoms with Crippen molar-refractivity contribution in [1.29, 1.82) is 0 Å². The second-order valence-electron chi connectivity index (χ2n) is 7.08. The van der Waals surface area contributed by atoms with Crippen LogP contribution in [0, 0.1) is 0 Å². The van der Waals surface area contributed by atoms with E-state index < -0.39 is 18.6 Å². The number of carbonyl (C=O) groups excluding carboxylic acids is 1. The van der Waals surface area contributed by atoms with Crippen molar-refractivity contribution < 1.29 is 37.3 Å². The minimum atomic E-state index is -4.79. The van der Waals surface area contributed by atoms with E-state index in [0.717, 1.165) is 29.0 Å². The minimum absolute atomic E-state index is 0.0804. The largest absolute Gasteiger partial charge is 0.573 e. The highest BCUT2D eigenvalue weighted by Gasteiger charge is 2.34. The van der Waals surface area contributed by atoms with Crippen LogP contribution in [0.25, 0.3) is 0 Å². The smallest absolute Gasteiger partial charge is 0.494 e. The molecule has 174 valence electrons. The number of aromatic hydroxyl groups is 1. The van der Waals surface area contributed by atoms with Crippen LogP contribution in [0.15, 0.2) is 53.3 Å². The number of halogens is 3. The van der Waals surface area contributed by atoms with Gasteiger partial charge in [-0.25, -0.2) is 4.79 Å². The normalized spacial score (nSPS) is 16.0. The number of nitrogens with zero attached hydrogens (tertiary/aromatic N) is 1. The molecule has 1 aliphatic rings. The van der Waals surface area contributed by atoms with Gasteiger partial charge in [-0.15, -0.1) is 13.2 Å². The highest BCUT2D eigenvalue weighted by atomic mass is 32.1. The number of alkyl halides is 3. The highest BCUT2D eigenvalue weighted by molar-refractivity contribution is 7.09. The van der Waals surface area contributed by atoms with E-state index in [2.05, 4.69) is 9.72 Å². The number of H-pyrrole nitrogens is 1. The number of cyclic esters (lactones) is 1. The molecule has 12 heteroatoms. The van der Waals surface area contributed by atoms with Crippen LogP contribution < -0.4 is 19.2 Å². The fraction of sp³-hybridized carbons (Fsp3) is 0.238. The monoisotopic (exact) mass is 482 g/mol. The van der Waals surface area contributed by atoms with E-state index in [0.29, 0.717) is 22.7 Å². The molecule has 1 saturated heterocycles. The van der Waals surface area contributed by atoms with Crippen LogP contribution in [0.1, 0.15) is 10.4 Å². The molecule has 2 heterocycles. The first-order chi connectivity index (χ1) is 15.7. The molecule has 3 aromatic rings. The third-order valence-corrected chi connectivity index (χ3v) is 5.55. The van der Waals surface area contributed by atoms with Crippen molar-refractivity contribution in [2.24, 2.45) is 0 Å². The van der Waals surface area contributed by atoms with Gasteiger partial charge in [-0.3, -0.25) is 14.7 Å². The van der Waals surface area contributed by atoms with Crippen LogP contribution in [-0.2, 0) is 11.2 Å². The van der Waals surface area contributed by atoms with Crippen molar-refractivity contribution in [2.75, 3.05) is 18.1 Å². The van der Waals surface area contributed by atoms with Crippen LogP contribution >= 0.6 is 11.3 Å². The molecule has 0 aliphatic carbocycles. The maximum Gasteiger partial charge on any atom is 0.573 e. The number of thiazole rings is 1. The van der Waals surface area contributed by atoms with Crippen LogP contribution in [0.4, 0.5) is 23.7 Å². The summed E-state index contributed by atoms with van der Waals surface area (Å²) in [5.41, 5.74) is 1.24. The molecule has 0 saturated carbocycles. The lowest BCUT2D eigenvalue weighted by atomic mass is 10.1. The van der Waals surface area contributed by atoms with Crippen molar-refractivity contribution in [1.82, 2.24) is 4.98 Å². The lowest BCUT2D eigenvalue weighted by molar-refractivity contribution is -0.274. The lowest BCUT2D eigenvalue weighted by Crippen LogP contribution is -2.26. The zero-order chi connectivity index (χ0) is 23.6. The van der Waals surface area contributed by atoms with Crippen molar-refractivity contribution in [2.45, 2.75) is 18.9 Å². The third kappa shape index (κ3) is 5.77. The van der Waals surface area contributed by atoms with E-state index >= 15 is 0 Å². The van der Waals surface area contributed by atoms with Gasteiger partial charge in [0.2, 0.25) is 5.88 Å². The molecule has 1 atom stereocenters. The number of benzene rings is 2. The number of anilines is 1. The van der Waals surface area contributed by atoms with Gasteiger partial charge < -0.3 is 19.3 Å². The van der Waals surface area contributed by atoms with Gasteiger partial charge >= 0.3 is 17.3 Å². The van der Waals surface area contributed by atoms with Gasteiger partial charge in [0, 0.05) is 12.1 Å². The molecular formula is C21H17F3N2O6S. The number of aromatic nitrogens is 1. The number of rotatable bonds is 7. The Bertz CT molecular complexity index is 1170. The Morgan fingerprint density at radius 2 is 1.76 bits per heavy atom. The second kappa shape index (κ2) is 9.06. The maximum atomic E-state index is 12.3. The summed E-state index contributed by atoms with van der Waals surface area (Å²) in [4.78, 5) is 27.2. The summed E-state index contributed by atoms with van der Waals surface area (Å²) in [6.07, 6.45) is -5.61. The minimum Gasteiger partial charge on any atom is -0.494 e. The van der Waals surface area contributed by atoms with E-state index in [9.17, 15) is 27.9 Å². The first-order valence-corrected chi connectivity index (χ1v) is 10.4. The first kappa shape index (κ1) is 22.5. The van der Waals surface area contributed by atoms with Crippen molar-refractivity contribution >= 4 is 23.1 Å². The Morgan fingerprint density at radius 1 is 1.09 bits per heavy atom. The van der Waals surface area contributed by atoms with E-state index in [-0.39, 0.29) is 29.7 Å². The van der Waals surface area contributed by atoms with Gasteiger partial charge in [-0.2, -0.15) is 0 Å². The average Bonchev–Trinajstić information content (AvgIpc) is 3.27. The predicted molar refractivity (Wildman–Crippen MR) is 112 cm³/mol. The molecule has 1 fully saturated rings. The van der Waals surface area contributed by atoms with Crippen molar-refractivity contribution in [3.8, 4) is 17.4 Å². The quantitative estimate of drug-likeness (QED) is 0.527. The lowest BCUT2D eigenvalue weighted by Gasteiger charge is -2.14. The molecule has 33 heavy (non-hydrogen) atoms. The molecule has 0 bridgehead atoms. The molecule has 0 spiro atoms. The number of nitrogens with one attached hydrogen (secondary N) is 1. The van der Waals surface area contributed by atoms with Gasteiger partial charge in [-0.05, 0) is 42.0 Å². The topological polar surface area (TPSA) is 101 Å². The van der Waals surface area contributed by atoms with E-state index in [1.165, 1.54) is 17.0 Å². The molecule has 1 aliphatic heterocycles. The number of ether oxygens (including phenoxy) is 3. The fourth-order valence-electron chi connectivity index (χ4n) is 3.20. The number of amides is 1. The summed E-state index contributed by atoms with van der Waals surface area (Å²) >= 11 is 0.940. The summed E-state index contributed by atoms with van der Waals surface area (Å²) < 4.78 is 51.6. The molecule has 0 radical (unpaired) electrons. The molecule has 2 aromatic carbocycles. The zero-order valence-corrected chi connectivity index (χ0v) is 17.6. The third-order valence-electron chi connectivity index (χ3n) is 4.68. The van der Waals surface area contributed by atoms with Gasteiger partial charge in [-0.1, -0.05) is 23.5 Å². The second-order valence-corrected chi connectivity index (χ2v) is 8.14. The molecule has 1 unspecified atom stereocenters. The standard InChI is InChI=1S/C21H17F3N2O6S/c22-21(23,24)32-15-7-3-13(4-8-15)26-10-16(31-20(26)29)11-30-14-5-1-12(2-6-14)9-17-18(27)25-19(28)33-17/h1-8,16,27H,9-11H2,(H,25,28). The van der Waals surface area contributed by atoms with Gasteiger partial charge in [0.15, 0.2) is 6.10 Å². The van der Waals surface area contributed by atoms with E-state index in [1.807, 2.05) is 0 Å². The molecular weight excluding hydrogens is 465 g/mol. The molecule has 1 amide bonds. The number of hydrogen-bond donors (Lipinski definition) is 2. The Balaban J connectivity index is 1.30. The van der Waals surface area contributed by atoms with Crippen molar-refractivity contribution in [3.63, 3.8) is 0 Å². The predicted octanol–water partition coefficient (Wildman–Crippen LogP) is 4.04. The molecule has 8 nitrogen and oxygen atoms in total. The summed E-state index contributed by atoms with van der Waals surface area (Å²) in [5, 5.41) is 9.67. The summed E-state index contributed by atoms with van der Waals surface area (Å²) in [6, 6.07) is 11.9. The SMILES string of the molecule is O=C1OC(COc2ccc(Cc3sc(=O)[nH]c3O)cc2)CN1c1ccc(OC(F)(F)F)cc1. The first-order valence-electron chi connectivity index (χ1n) is 9.63. The zero-order valence-electron chi connectivity index (χ0n) is 16.8. The summed E-state index contributed by atoms with van der Waals surface area (Å²) in [6.45, 7) is 0.249. The molecule has 1 aromatic heterocycles. The van der Waals surface area contributed by atoms with E-state index in [1.54, 1.807) is 24.3 Å². The van der Waals surface area contributed by atoms with Gasteiger partial charge in [0.25, 0.3) is 0 Å². The van der Waals surface area contributed by atoms with Gasteiger partial charge in [0.1, 0.15) is 18.1 Å².